The molecule has 3 heterocycles. The molecule has 6 nitrogen and oxygen atoms in total. The summed E-state index contributed by atoms with van der Waals surface area (Å²) in [5, 5.41) is 20.0. The Balaban J connectivity index is 1.63. The van der Waals surface area contributed by atoms with Gasteiger partial charge in [0, 0.05) is 25.2 Å². The van der Waals surface area contributed by atoms with Crippen LogP contribution in [0.25, 0.3) is 11.3 Å². The Morgan fingerprint density at radius 1 is 1.09 bits per heavy atom. The van der Waals surface area contributed by atoms with E-state index in [-0.39, 0.29) is 18.5 Å². The van der Waals surface area contributed by atoms with Crippen molar-refractivity contribution in [3.8, 4) is 11.3 Å². The lowest BCUT2D eigenvalue weighted by Gasteiger charge is -2.36. The number of rotatable bonds is 5. The van der Waals surface area contributed by atoms with Crippen molar-refractivity contribution in [1.82, 2.24) is 9.97 Å². The summed E-state index contributed by atoms with van der Waals surface area (Å²) in [5.41, 5.74) is -0.308. The maximum absolute atomic E-state index is 14.3. The molecule has 9 heteroatoms. The zero-order valence-electron chi connectivity index (χ0n) is 17.6. The van der Waals surface area contributed by atoms with Crippen molar-refractivity contribution in [2.24, 2.45) is 0 Å². The molecular weight excluding hydrogens is 437 g/mol. The standard InChI is InChI=1S/C24H21F3N2O4/c1-12-24(32)20(31)10-21(33-12)14-7-8-28-11-13(14)9-19(30)18-6-5-17(27)23(29-18)22-15(25)3-2-4-16(22)26/h2-8,11-12,20-21,24,31-32H,9-10H2,1H3/t12-,20-,21-,24-/m1/s1. The first-order valence-corrected chi connectivity index (χ1v) is 10.3. The Hall–Kier alpha value is -3.14. The summed E-state index contributed by atoms with van der Waals surface area (Å²) in [4.78, 5) is 20.9. The van der Waals surface area contributed by atoms with Gasteiger partial charge in [0.1, 0.15) is 34.9 Å². The summed E-state index contributed by atoms with van der Waals surface area (Å²) < 4.78 is 48.5. The smallest absolute Gasteiger partial charge is 0.185 e. The molecule has 4 rings (SSSR count). The van der Waals surface area contributed by atoms with E-state index < -0.39 is 58.9 Å². The Morgan fingerprint density at radius 3 is 2.52 bits per heavy atom. The first kappa shape index (κ1) is 23.0. The third-order valence-corrected chi connectivity index (χ3v) is 5.68. The van der Waals surface area contributed by atoms with Crippen LogP contribution in [-0.2, 0) is 11.2 Å². The second kappa shape index (κ2) is 9.38. The van der Waals surface area contributed by atoms with E-state index in [1.807, 2.05) is 0 Å². The van der Waals surface area contributed by atoms with Gasteiger partial charge < -0.3 is 14.9 Å². The van der Waals surface area contributed by atoms with E-state index in [1.54, 1.807) is 13.0 Å². The molecule has 3 aromatic rings. The molecule has 0 radical (unpaired) electrons. The van der Waals surface area contributed by atoms with Gasteiger partial charge in [0.2, 0.25) is 0 Å². The number of aliphatic hydroxyl groups excluding tert-OH is 2. The van der Waals surface area contributed by atoms with Gasteiger partial charge in [0.25, 0.3) is 0 Å². The average Bonchev–Trinajstić information content (AvgIpc) is 2.78. The number of nitrogens with zero attached hydrogens (tertiary/aromatic N) is 2. The van der Waals surface area contributed by atoms with E-state index in [1.165, 1.54) is 12.4 Å². The summed E-state index contributed by atoms with van der Waals surface area (Å²) in [5.74, 6) is -3.48. The number of carbonyl (C=O) groups excluding carboxylic acids is 1. The van der Waals surface area contributed by atoms with E-state index >= 15 is 0 Å². The molecule has 172 valence electrons. The second-order valence-corrected chi connectivity index (χ2v) is 7.92. The molecule has 4 atom stereocenters. The van der Waals surface area contributed by atoms with E-state index in [4.69, 9.17) is 4.74 Å². The molecule has 1 aliphatic heterocycles. The molecule has 2 aromatic heterocycles. The lowest BCUT2D eigenvalue weighted by atomic mass is 9.91. The Kier molecular flexibility index (Phi) is 6.55. The van der Waals surface area contributed by atoms with Crippen LogP contribution < -0.4 is 0 Å². The number of ether oxygens (including phenoxy) is 1. The third-order valence-electron chi connectivity index (χ3n) is 5.68. The molecule has 0 unspecified atom stereocenters. The van der Waals surface area contributed by atoms with Crippen molar-refractivity contribution < 1.29 is 32.9 Å². The highest BCUT2D eigenvalue weighted by Gasteiger charge is 2.35. The number of hydrogen-bond acceptors (Lipinski definition) is 6. The summed E-state index contributed by atoms with van der Waals surface area (Å²) >= 11 is 0. The fourth-order valence-electron chi connectivity index (χ4n) is 3.93. The lowest BCUT2D eigenvalue weighted by Crippen LogP contribution is -2.44. The van der Waals surface area contributed by atoms with Crippen LogP contribution in [0.2, 0.25) is 0 Å². The number of ketones is 1. The number of carbonyl (C=O) groups is 1. The van der Waals surface area contributed by atoms with Crippen LogP contribution in [0.5, 0.6) is 0 Å². The van der Waals surface area contributed by atoms with E-state index in [0.717, 1.165) is 30.3 Å². The van der Waals surface area contributed by atoms with Gasteiger partial charge in [-0.15, -0.1) is 0 Å². The molecule has 0 saturated carbocycles. The number of benzene rings is 1. The Labute approximate surface area is 187 Å². The van der Waals surface area contributed by atoms with Crippen molar-refractivity contribution in [3.63, 3.8) is 0 Å². The van der Waals surface area contributed by atoms with Gasteiger partial charge in [-0.3, -0.25) is 9.78 Å². The molecular formula is C24H21F3N2O4. The van der Waals surface area contributed by atoms with Crippen LogP contribution in [-0.4, -0.2) is 44.3 Å². The molecule has 0 aliphatic carbocycles. The average molecular weight is 458 g/mol. The zero-order valence-corrected chi connectivity index (χ0v) is 17.6. The lowest BCUT2D eigenvalue weighted by molar-refractivity contribution is -0.163. The number of hydrogen-bond donors (Lipinski definition) is 2. The van der Waals surface area contributed by atoms with Crippen molar-refractivity contribution in [2.45, 2.75) is 44.2 Å². The Bertz CT molecular complexity index is 1160. The third kappa shape index (κ3) is 4.66. The van der Waals surface area contributed by atoms with E-state index in [0.29, 0.717) is 11.1 Å². The number of aromatic nitrogens is 2. The number of pyridine rings is 2. The van der Waals surface area contributed by atoms with E-state index in [2.05, 4.69) is 9.97 Å². The predicted octanol–water partition coefficient (Wildman–Crippen LogP) is 3.56. The fourth-order valence-corrected chi connectivity index (χ4v) is 3.93. The van der Waals surface area contributed by atoms with Crippen molar-refractivity contribution in [2.75, 3.05) is 0 Å². The molecule has 1 aromatic carbocycles. The van der Waals surface area contributed by atoms with Crippen molar-refractivity contribution in [1.29, 1.82) is 0 Å². The largest absolute Gasteiger partial charge is 0.390 e. The van der Waals surface area contributed by atoms with E-state index in [9.17, 15) is 28.2 Å². The Morgan fingerprint density at radius 2 is 1.82 bits per heavy atom. The maximum atomic E-state index is 14.3. The molecule has 0 amide bonds. The molecule has 0 bridgehead atoms. The maximum Gasteiger partial charge on any atom is 0.185 e. The van der Waals surface area contributed by atoms with Crippen molar-refractivity contribution in [3.05, 3.63) is 83.1 Å². The van der Waals surface area contributed by atoms with Gasteiger partial charge in [-0.25, -0.2) is 18.2 Å². The monoisotopic (exact) mass is 458 g/mol. The normalized spacial score (nSPS) is 22.8. The molecule has 33 heavy (non-hydrogen) atoms. The summed E-state index contributed by atoms with van der Waals surface area (Å²) in [6.45, 7) is 1.64. The summed E-state index contributed by atoms with van der Waals surface area (Å²) in [7, 11) is 0. The second-order valence-electron chi connectivity index (χ2n) is 7.92. The van der Waals surface area contributed by atoms with Crippen LogP contribution in [0, 0.1) is 17.5 Å². The summed E-state index contributed by atoms with van der Waals surface area (Å²) in [6.07, 6.45) is -0.276. The molecule has 1 saturated heterocycles. The minimum atomic E-state index is -1.02. The predicted molar refractivity (Wildman–Crippen MR) is 112 cm³/mol. The van der Waals surface area contributed by atoms with Gasteiger partial charge >= 0.3 is 0 Å². The van der Waals surface area contributed by atoms with Gasteiger partial charge in [-0.05, 0) is 48.4 Å². The first-order valence-electron chi connectivity index (χ1n) is 10.3. The van der Waals surface area contributed by atoms with Gasteiger partial charge in [0.05, 0.1) is 23.9 Å². The highest BCUT2D eigenvalue weighted by atomic mass is 19.1. The topological polar surface area (TPSA) is 92.5 Å². The van der Waals surface area contributed by atoms with Crippen molar-refractivity contribution >= 4 is 5.78 Å². The molecule has 1 aliphatic rings. The molecule has 2 N–H and O–H groups in total. The minimum Gasteiger partial charge on any atom is -0.390 e. The fraction of sp³-hybridized carbons (Fsp3) is 0.292. The van der Waals surface area contributed by atoms with Crippen LogP contribution >= 0.6 is 0 Å². The number of halogens is 3. The minimum absolute atomic E-state index is 0.127. The van der Waals surface area contributed by atoms with Gasteiger partial charge in [-0.2, -0.15) is 0 Å². The molecule has 0 spiro atoms. The van der Waals surface area contributed by atoms with Crippen LogP contribution in [0.1, 0.15) is 41.1 Å². The SMILES string of the molecule is C[C@H]1O[C@@H](c2ccncc2CC(=O)c2ccc(F)c(-c3c(F)cccc3F)n2)C[C@@H](O)[C@@H]1O. The van der Waals surface area contributed by atoms with Crippen LogP contribution in [0.3, 0.4) is 0 Å². The van der Waals surface area contributed by atoms with Crippen LogP contribution in [0.4, 0.5) is 13.2 Å². The molecule has 1 fully saturated rings. The highest BCUT2D eigenvalue weighted by molar-refractivity contribution is 5.96. The van der Waals surface area contributed by atoms with Gasteiger partial charge in [0.15, 0.2) is 5.78 Å². The summed E-state index contributed by atoms with van der Waals surface area (Å²) in [6, 6.07) is 6.85. The quantitative estimate of drug-likeness (QED) is 0.568. The zero-order chi connectivity index (χ0) is 23.7. The number of aliphatic hydroxyl groups is 2. The first-order chi connectivity index (χ1) is 15.8. The highest BCUT2D eigenvalue weighted by Crippen LogP contribution is 2.34. The number of Topliss-reactive ketones (excluding diaryl/α,β-unsaturated/α-hetero) is 1. The van der Waals surface area contributed by atoms with Crippen LogP contribution in [0.15, 0.2) is 48.8 Å². The van der Waals surface area contributed by atoms with Gasteiger partial charge in [-0.1, -0.05) is 6.07 Å².